The van der Waals surface area contributed by atoms with E-state index in [0.29, 0.717) is 5.02 Å². The van der Waals surface area contributed by atoms with Gasteiger partial charge >= 0.3 is 5.97 Å². The summed E-state index contributed by atoms with van der Waals surface area (Å²) < 4.78 is 0. The van der Waals surface area contributed by atoms with Crippen molar-refractivity contribution in [3.63, 3.8) is 0 Å². The van der Waals surface area contributed by atoms with Crippen molar-refractivity contribution in [1.82, 2.24) is 5.32 Å². The molecule has 0 heterocycles. The summed E-state index contributed by atoms with van der Waals surface area (Å²) >= 11 is 5.79. The van der Waals surface area contributed by atoms with E-state index in [0.717, 1.165) is 5.56 Å². The Bertz CT molecular complexity index is 487. The summed E-state index contributed by atoms with van der Waals surface area (Å²) in [6, 6.07) is 5.79. The van der Waals surface area contributed by atoms with Gasteiger partial charge in [0.2, 0.25) is 5.91 Å². The van der Waals surface area contributed by atoms with Crippen LogP contribution in [0, 0.1) is 0 Å². The number of halogens is 1. The minimum atomic E-state index is -1.18. The average Bonchev–Trinajstić information content (AvgIpc) is 2.36. The van der Waals surface area contributed by atoms with Crippen LogP contribution in [0.4, 0.5) is 0 Å². The van der Waals surface area contributed by atoms with Gasteiger partial charge in [0.25, 0.3) is 0 Å². The third-order valence-corrected chi connectivity index (χ3v) is 2.54. The number of benzene rings is 1. The van der Waals surface area contributed by atoms with E-state index in [4.69, 9.17) is 21.8 Å². The summed E-state index contributed by atoms with van der Waals surface area (Å²) in [5.41, 5.74) is 0.733. The van der Waals surface area contributed by atoms with Crippen LogP contribution < -0.4 is 5.32 Å². The molecule has 3 N–H and O–H groups in total. The Balaban J connectivity index is 2.61. The first-order valence-electron chi connectivity index (χ1n) is 5.60. The molecule has 0 saturated carbocycles. The topological polar surface area (TPSA) is 86.6 Å². The van der Waals surface area contributed by atoms with Crippen LogP contribution in [0.3, 0.4) is 0 Å². The van der Waals surface area contributed by atoms with E-state index in [2.05, 4.69) is 5.32 Å². The Morgan fingerprint density at radius 3 is 2.74 bits per heavy atom. The molecule has 19 heavy (non-hydrogen) atoms. The van der Waals surface area contributed by atoms with E-state index in [-0.39, 0.29) is 13.0 Å². The van der Waals surface area contributed by atoms with Crippen molar-refractivity contribution in [2.45, 2.75) is 12.5 Å². The second-order valence-corrected chi connectivity index (χ2v) is 4.24. The zero-order valence-electron chi connectivity index (χ0n) is 10.0. The van der Waals surface area contributed by atoms with E-state index in [1.54, 1.807) is 24.3 Å². The third kappa shape index (κ3) is 5.54. The second kappa shape index (κ2) is 7.56. The molecule has 0 aromatic heterocycles. The van der Waals surface area contributed by atoms with Crippen molar-refractivity contribution < 1.29 is 19.8 Å². The number of rotatable bonds is 6. The SMILES string of the molecule is O=C(/C=C/c1cccc(Cl)c1)NC(CCO)C(=O)O. The van der Waals surface area contributed by atoms with Crippen LogP contribution in [0.15, 0.2) is 30.3 Å². The number of carboxylic acids is 1. The molecular weight excluding hydrogens is 270 g/mol. The first-order chi connectivity index (χ1) is 9.02. The lowest BCUT2D eigenvalue weighted by atomic mass is 10.2. The van der Waals surface area contributed by atoms with Crippen LogP contribution in [0.1, 0.15) is 12.0 Å². The summed E-state index contributed by atoms with van der Waals surface area (Å²) in [5.74, 6) is -1.72. The molecule has 5 nitrogen and oxygen atoms in total. The van der Waals surface area contributed by atoms with Crippen LogP contribution in [-0.2, 0) is 9.59 Å². The molecule has 6 heteroatoms. The van der Waals surface area contributed by atoms with Crippen LogP contribution in [0.2, 0.25) is 5.02 Å². The predicted molar refractivity (Wildman–Crippen MR) is 71.8 cm³/mol. The largest absolute Gasteiger partial charge is 0.480 e. The monoisotopic (exact) mass is 283 g/mol. The number of hydrogen-bond acceptors (Lipinski definition) is 3. The zero-order chi connectivity index (χ0) is 14.3. The van der Waals surface area contributed by atoms with Gasteiger partial charge in [0.1, 0.15) is 6.04 Å². The highest BCUT2D eigenvalue weighted by Crippen LogP contribution is 2.11. The molecule has 0 aliphatic carbocycles. The zero-order valence-corrected chi connectivity index (χ0v) is 10.8. The summed E-state index contributed by atoms with van der Waals surface area (Å²) in [6.07, 6.45) is 2.71. The van der Waals surface area contributed by atoms with Crippen LogP contribution in [0.5, 0.6) is 0 Å². The normalized spacial score (nSPS) is 12.3. The fraction of sp³-hybridized carbons (Fsp3) is 0.231. The van der Waals surface area contributed by atoms with Gasteiger partial charge in [0.15, 0.2) is 0 Å². The van der Waals surface area contributed by atoms with Crippen molar-refractivity contribution in [3.8, 4) is 0 Å². The van der Waals surface area contributed by atoms with Gasteiger partial charge in [-0.05, 0) is 23.8 Å². The van der Waals surface area contributed by atoms with Gasteiger partial charge in [-0.15, -0.1) is 0 Å². The quantitative estimate of drug-likeness (QED) is 0.687. The summed E-state index contributed by atoms with van der Waals surface area (Å²) in [4.78, 5) is 22.3. The van der Waals surface area contributed by atoms with Crippen LogP contribution >= 0.6 is 11.6 Å². The second-order valence-electron chi connectivity index (χ2n) is 3.80. The Kier molecular flexibility index (Phi) is 6.05. The molecule has 0 radical (unpaired) electrons. The molecule has 0 fully saturated rings. The summed E-state index contributed by atoms with van der Waals surface area (Å²) in [6.45, 7) is -0.310. The van der Waals surface area contributed by atoms with Crippen molar-refractivity contribution >= 4 is 29.6 Å². The highest BCUT2D eigenvalue weighted by atomic mass is 35.5. The van der Waals surface area contributed by atoms with Crippen molar-refractivity contribution in [1.29, 1.82) is 0 Å². The Labute approximate surface area is 115 Å². The molecular formula is C13H14ClNO4. The highest BCUT2D eigenvalue weighted by Gasteiger charge is 2.17. The molecule has 0 spiro atoms. The molecule has 0 bridgehead atoms. The molecule has 1 aromatic carbocycles. The van der Waals surface area contributed by atoms with Crippen molar-refractivity contribution in [2.24, 2.45) is 0 Å². The number of amides is 1. The standard InChI is InChI=1S/C13H14ClNO4/c14-10-3-1-2-9(8-10)4-5-12(17)15-11(6-7-16)13(18)19/h1-5,8,11,16H,6-7H2,(H,15,17)(H,18,19)/b5-4+. The minimum absolute atomic E-state index is 0.0356. The number of aliphatic hydroxyl groups is 1. The maximum atomic E-state index is 11.5. The number of carbonyl (C=O) groups is 2. The summed E-state index contributed by atoms with van der Waals surface area (Å²) in [5, 5.41) is 20.3. The number of carboxylic acid groups (broad SMARTS) is 1. The lowest BCUT2D eigenvalue weighted by Gasteiger charge is -2.11. The molecule has 102 valence electrons. The highest BCUT2D eigenvalue weighted by molar-refractivity contribution is 6.30. The molecule has 0 aliphatic rings. The number of nitrogens with one attached hydrogen (secondary N) is 1. The number of aliphatic hydroxyl groups excluding tert-OH is 1. The Hall–Kier alpha value is -1.85. The van der Waals surface area contributed by atoms with Gasteiger partial charge in [-0.1, -0.05) is 23.7 Å². The minimum Gasteiger partial charge on any atom is -0.480 e. The maximum Gasteiger partial charge on any atom is 0.326 e. The molecule has 1 aromatic rings. The molecule has 1 rings (SSSR count). The van der Waals surface area contributed by atoms with Crippen molar-refractivity contribution in [2.75, 3.05) is 6.61 Å². The number of hydrogen-bond donors (Lipinski definition) is 3. The van der Waals surface area contributed by atoms with E-state index >= 15 is 0 Å². The molecule has 0 aliphatic heterocycles. The van der Waals surface area contributed by atoms with Gasteiger partial charge < -0.3 is 15.5 Å². The van der Waals surface area contributed by atoms with Gasteiger partial charge in [-0.3, -0.25) is 4.79 Å². The first kappa shape index (κ1) is 15.2. The lowest BCUT2D eigenvalue weighted by Crippen LogP contribution is -2.40. The van der Waals surface area contributed by atoms with E-state index in [1.807, 2.05) is 0 Å². The molecule has 1 unspecified atom stereocenters. The van der Waals surface area contributed by atoms with Crippen LogP contribution in [0.25, 0.3) is 6.08 Å². The third-order valence-electron chi connectivity index (χ3n) is 2.31. The number of aliphatic carboxylic acids is 1. The smallest absolute Gasteiger partial charge is 0.326 e. The van der Waals surface area contributed by atoms with E-state index in [9.17, 15) is 9.59 Å². The first-order valence-corrected chi connectivity index (χ1v) is 5.98. The molecule has 1 amide bonds. The molecule has 1 atom stereocenters. The Morgan fingerprint density at radius 2 is 2.16 bits per heavy atom. The van der Waals surface area contributed by atoms with Crippen LogP contribution in [-0.4, -0.2) is 34.7 Å². The fourth-order valence-corrected chi connectivity index (χ4v) is 1.59. The van der Waals surface area contributed by atoms with Gasteiger partial charge in [0.05, 0.1) is 0 Å². The maximum absolute atomic E-state index is 11.5. The number of carbonyl (C=O) groups excluding carboxylic acids is 1. The van der Waals surface area contributed by atoms with Gasteiger partial charge in [-0.25, -0.2) is 4.79 Å². The summed E-state index contributed by atoms with van der Waals surface area (Å²) in [7, 11) is 0. The fourth-order valence-electron chi connectivity index (χ4n) is 1.39. The van der Waals surface area contributed by atoms with Crippen molar-refractivity contribution in [3.05, 3.63) is 40.9 Å². The average molecular weight is 284 g/mol. The van der Waals surface area contributed by atoms with Gasteiger partial charge in [0, 0.05) is 24.1 Å². The molecule has 0 saturated heterocycles. The lowest BCUT2D eigenvalue weighted by molar-refractivity contribution is -0.141. The van der Waals surface area contributed by atoms with E-state index < -0.39 is 17.9 Å². The Morgan fingerprint density at radius 1 is 1.42 bits per heavy atom. The predicted octanol–water partition coefficient (Wildman–Crippen LogP) is 1.30. The van der Waals surface area contributed by atoms with Gasteiger partial charge in [-0.2, -0.15) is 0 Å². The van der Waals surface area contributed by atoms with E-state index in [1.165, 1.54) is 12.2 Å².